The summed E-state index contributed by atoms with van der Waals surface area (Å²) in [6.07, 6.45) is 0. The first-order valence-electron chi connectivity index (χ1n) is 6.03. The normalized spacial score (nSPS) is 12.5. The van der Waals surface area contributed by atoms with Gasteiger partial charge in [0.15, 0.2) is 0 Å². The molecule has 0 fully saturated rings. The minimum Gasteiger partial charge on any atom is -0.433 e. The van der Waals surface area contributed by atoms with Crippen LogP contribution in [0.5, 0.6) is 5.75 Å². The summed E-state index contributed by atoms with van der Waals surface area (Å²) in [7, 11) is 0. The Balaban J connectivity index is 2.08. The Morgan fingerprint density at radius 3 is 2.55 bits per heavy atom. The fraction of sp³-hybridized carbons (Fsp3) is 0.286. The number of ether oxygens (including phenoxy) is 1. The molecule has 1 atom stereocenters. The van der Waals surface area contributed by atoms with Crippen molar-refractivity contribution in [2.45, 2.75) is 26.5 Å². The lowest BCUT2D eigenvalue weighted by molar-refractivity contribution is -0.0497. The van der Waals surface area contributed by atoms with Gasteiger partial charge in [0.2, 0.25) is 0 Å². The molecule has 1 aromatic heterocycles. The third kappa shape index (κ3) is 3.84. The summed E-state index contributed by atoms with van der Waals surface area (Å²) in [4.78, 5) is 2.44. The summed E-state index contributed by atoms with van der Waals surface area (Å²) in [5, 5.41) is 3.43. The Kier molecular flexibility index (Phi) is 4.83. The predicted octanol–water partition coefficient (Wildman–Crippen LogP) is 5.48. The lowest BCUT2D eigenvalue weighted by atomic mass is 10.2. The molecule has 1 heterocycles. The molecule has 1 unspecified atom stereocenters. The third-order valence-corrected chi connectivity index (χ3v) is 4.20. The highest BCUT2D eigenvalue weighted by Crippen LogP contribution is 2.31. The van der Waals surface area contributed by atoms with E-state index in [1.165, 1.54) is 15.8 Å². The standard InChI is InChI=1S/C14H14ClF2NOS/c1-8-3-6-13(20-8)9(2)18-10-4-5-12(11(15)7-10)19-14(16)17/h3-7,9,14,18H,1-2H3. The van der Waals surface area contributed by atoms with Crippen LogP contribution >= 0.6 is 22.9 Å². The van der Waals surface area contributed by atoms with Crippen LogP contribution in [0.1, 0.15) is 22.7 Å². The number of hydrogen-bond donors (Lipinski definition) is 1. The SMILES string of the molecule is Cc1ccc(C(C)Nc2ccc(OC(F)F)c(Cl)c2)s1. The van der Waals surface area contributed by atoms with Crippen LogP contribution in [0.4, 0.5) is 14.5 Å². The maximum Gasteiger partial charge on any atom is 0.387 e. The second kappa shape index (κ2) is 6.41. The Bertz CT molecular complexity index is 588. The smallest absolute Gasteiger partial charge is 0.387 e. The molecular formula is C14H14ClF2NOS. The van der Waals surface area contributed by atoms with Crippen LogP contribution in [-0.4, -0.2) is 6.61 Å². The Labute approximate surface area is 125 Å². The summed E-state index contributed by atoms with van der Waals surface area (Å²) in [5.74, 6) is -0.0214. The minimum absolute atomic E-state index is 0.0214. The highest BCUT2D eigenvalue weighted by atomic mass is 35.5. The number of halogens is 3. The van der Waals surface area contributed by atoms with Crippen molar-refractivity contribution in [2.75, 3.05) is 5.32 Å². The monoisotopic (exact) mass is 317 g/mol. The summed E-state index contributed by atoms with van der Waals surface area (Å²) in [6.45, 7) is 1.20. The van der Waals surface area contributed by atoms with E-state index in [0.29, 0.717) is 0 Å². The summed E-state index contributed by atoms with van der Waals surface area (Å²) in [5.41, 5.74) is 0.759. The van der Waals surface area contributed by atoms with Gasteiger partial charge < -0.3 is 10.1 Å². The van der Waals surface area contributed by atoms with Gasteiger partial charge in [0.05, 0.1) is 11.1 Å². The van der Waals surface area contributed by atoms with Gasteiger partial charge in [0.25, 0.3) is 0 Å². The van der Waals surface area contributed by atoms with Crippen LogP contribution in [-0.2, 0) is 0 Å². The highest BCUT2D eigenvalue weighted by molar-refractivity contribution is 7.12. The van der Waals surface area contributed by atoms with Crippen molar-refractivity contribution < 1.29 is 13.5 Å². The second-order valence-corrected chi connectivity index (χ2v) is 6.06. The maximum atomic E-state index is 12.1. The molecule has 20 heavy (non-hydrogen) atoms. The highest BCUT2D eigenvalue weighted by Gasteiger charge is 2.11. The van der Waals surface area contributed by atoms with Crippen LogP contribution in [0.15, 0.2) is 30.3 Å². The molecule has 2 nitrogen and oxygen atoms in total. The van der Waals surface area contributed by atoms with Gasteiger partial charge in [0.1, 0.15) is 5.75 Å². The fourth-order valence-corrected chi connectivity index (χ4v) is 2.89. The topological polar surface area (TPSA) is 21.3 Å². The Hall–Kier alpha value is -1.33. The van der Waals surface area contributed by atoms with E-state index >= 15 is 0 Å². The van der Waals surface area contributed by atoms with Gasteiger partial charge in [-0.25, -0.2) is 0 Å². The molecule has 2 rings (SSSR count). The van der Waals surface area contributed by atoms with Crippen LogP contribution < -0.4 is 10.1 Å². The zero-order valence-corrected chi connectivity index (χ0v) is 12.6. The van der Waals surface area contributed by atoms with Crippen molar-refractivity contribution in [3.63, 3.8) is 0 Å². The summed E-state index contributed by atoms with van der Waals surface area (Å²) < 4.78 is 28.6. The number of hydrogen-bond acceptors (Lipinski definition) is 3. The van der Waals surface area contributed by atoms with Crippen LogP contribution in [0.25, 0.3) is 0 Å². The predicted molar refractivity (Wildman–Crippen MR) is 79.2 cm³/mol. The van der Waals surface area contributed by atoms with Crippen LogP contribution in [0, 0.1) is 6.92 Å². The molecule has 0 bridgehead atoms. The molecule has 0 aliphatic rings. The van der Waals surface area contributed by atoms with Gasteiger partial charge in [-0.3, -0.25) is 0 Å². The number of nitrogens with one attached hydrogen (secondary N) is 1. The summed E-state index contributed by atoms with van der Waals surface area (Å²) >= 11 is 7.62. The first-order valence-corrected chi connectivity index (χ1v) is 7.22. The van der Waals surface area contributed by atoms with Crippen molar-refractivity contribution >= 4 is 28.6 Å². The first-order chi connectivity index (χ1) is 9.45. The number of benzene rings is 1. The lowest BCUT2D eigenvalue weighted by Gasteiger charge is -2.15. The molecule has 0 aliphatic heterocycles. The minimum atomic E-state index is -2.88. The average molecular weight is 318 g/mol. The average Bonchev–Trinajstić information content (AvgIpc) is 2.79. The van der Waals surface area contributed by atoms with E-state index in [-0.39, 0.29) is 16.8 Å². The number of thiophene rings is 1. The molecule has 0 amide bonds. The molecule has 1 N–H and O–H groups in total. The molecular weight excluding hydrogens is 304 g/mol. The van der Waals surface area contributed by atoms with E-state index in [1.54, 1.807) is 23.5 Å². The van der Waals surface area contributed by atoms with Crippen molar-refractivity contribution in [1.29, 1.82) is 0 Å². The summed E-state index contributed by atoms with van der Waals surface area (Å²) in [6, 6.07) is 8.92. The van der Waals surface area contributed by atoms with Gasteiger partial charge in [0, 0.05) is 15.4 Å². The first kappa shape index (κ1) is 15.1. The van der Waals surface area contributed by atoms with Gasteiger partial charge in [-0.05, 0) is 44.2 Å². The maximum absolute atomic E-state index is 12.1. The molecule has 0 saturated carbocycles. The van der Waals surface area contributed by atoms with Gasteiger partial charge in [-0.2, -0.15) is 8.78 Å². The molecule has 0 saturated heterocycles. The molecule has 0 aliphatic carbocycles. The lowest BCUT2D eigenvalue weighted by Crippen LogP contribution is -2.06. The number of anilines is 1. The quantitative estimate of drug-likeness (QED) is 0.788. The van der Waals surface area contributed by atoms with Crippen LogP contribution in [0.3, 0.4) is 0 Å². The van der Waals surface area contributed by atoms with Gasteiger partial charge in [-0.15, -0.1) is 11.3 Å². The van der Waals surface area contributed by atoms with Gasteiger partial charge >= 0.3 is 6.61 Å². The van der Waals surface area contributed by atoms with Crippen molar-refractivity contribution in [1.82, 2.24) is 0 Å². The number of alkyl halides is 2. The van der Waals surface area contributed by atoms with Crippen molar-refractivity contribution in [3.8, 4) is 5.75 Å². The van der Waals surface area contributed by atoms with E-state index < -0.39 is 6.61 Å². The molecule has 0 radical (unpaired) electrons. The van der Waals surface area contributed by atoms with Crippen LogP contribution in [0.2, 0.25) is 5.02 Å². The molecule has 6 heteroatoms. The third-order valence-electron chi connectivity index (χ3n) is 2.72. The number of rotatable bonds is 5. The molecule has 2 aromatic rings. The largest absolute Gasteiger partial charge is 0.433 e. The Morgan fingerprint density at radius 1 is 1.25 bits per heavy atom. The van der Waals surface area contributed by atoms with Crippen molar-refractivity contribution in [3.05, 3.63) is 45.1 Å². The van der Waals surface area contributed by atoms with E-state index in [0.717, 1.165) is 5.69 Å². The molecule has 0 spiro atoms. The number of aryl methyl sites for hydroxylation is 1. The van der Waals surface area contributed by atoms with Crippen molar-refractivity contribution in [2.24, 2.45) is 0 Å². The van der Waals surface area contributed by atoms with Gasteiger partial charge in [-0.1, -0.05) is 11.6 Å². The van der Waals surface area contributed by atoms with E-state index in [9.17, 15) is 8.78 Å². The second-order valence-electron chi connectivity index (χ2n) is 4.34. The zero-order valence-electron chi connectivity index (χ0n) is 11.0. The van der Waals surface area contributed by atoms with E-state index in [1.807, 2.05) is 13.8 Å². The van der Waals surface area contributed by atoms with E-state index in [4.69, 9.17) is 11.6 Å². The zero-order chi connectivity index (χ0) is 14.7. The molecule has 108 valence electrons. The fourth-order valence-electron chi connectivity index (χ4n) is 1.79. The van der Waals surface area contributed by atoms with E-state index in [2.05, 4.69) is 22.2 Å². The Morgan fingerprint density at radius 2 is 2.00 bits per heavy atom. The molecule has 1 aromatic carbocycles.